The van der Waals surface area contributed by atoms with E-state index in [2.05, 4.69) is 0 Å². The van der Waals surface area contributed by atoms with Crippen LogP contribution >= 0.6 is 0 Å². The van der Waals surface area contributed by atoms with Gasteiger partial charge in [-0.15, -0.1) is 0 Å². The summed E-state index contributed by atoms with van der Waals surface area (Å²) in [5, 5.41) is 8.42. The summed E-state index contributed by atoms with van der Waals surface area (Å²) in [5.74, 6) is 0. The molecule has 10 heavy (non-hydrogen) atoms. The molecule has 1 amide bonds. The van der Waals surface area contributed by atoms with Crippen LogP contribution in [-0.2, 0) is 0 Å². The summed E-state index contributed by atoms with van der Waals surface area (Å²) in [4.78, 5) is 11.4. The van der Waals surface area contributed by atoms with Gasteiger partial charge in [0.05, 0.1) is 6.54 Å². The first-order valence-corrected chi connectivity index (χ1v) is 3.32. The highest BCUT2D eigenvalue weighted by Gasteiger charge is 2.21. The fraction of sp³-hybridized carbons (Fsp3) is 0.833. The van der Waals surface area contributed by atoms with Gasteiger partial charge in [-0.3, -0.25) is 0 Å². The van der Waals surface area contributed by atoms with Crippen LogP contribution in [0.2, 0.25) is 0 Å². The number of halogens is 1. The van der Waals surface area contributed by atoms with E-state index in [0.717, 1.165) is 4.90 Å². The summed E-state index contributed by atoms with van der Waals surface area (Å²) in [7, 11) is 0. The first-order valence-electron chi connectivity index (χ1n) is 3.32. The molecular weight excluding hydrogens is 137 g/mol. The van der Waals surface area contributed by atoms with Gasteiger partial charge in [0.2, 0.25) is 0 Å². The Morgan fingerprint density at radius 1 is 1.70 bits per heavy atom. The van der Waals surface area contributed by atoms with Gasteiger partial charge in [-0.25, -0.2) is 9.18 Å². The zero-order chi connectivity index (χ0) is 7.56. The van der Waals surface area contributed by atoms with Crippen molar-refractivity contribution in [2.45, 2.75) is 19.0 Å². The number of carbonyl (C=O) groups is 1. The van der Waals surface area contributed by atoms with Crippen LogP contribution in [0.5, 0.6) is 0 Å². The minimum absolute atomic E-state index is 0.0509. The summed E-state index contributed by atoms with van der Waals surface area (Å²) in [6.45, 7) is 0.533. The molecule has 1 rings (SSSR count). The number of hydrogen-bond acceptors (Lipinski definition) is 1. The first-order chi connectivity index (χ1) is 4.70. The van der Waals surface area contributed by atoms with Crippen molar-refractivity contribution >= 4 is 6.09 Å². The normalized spacial score (nSPS) is 26.5. The Balaban J connectivity index is 2.39. The van der Waals surface area contributed by atoms with Crippen LogP contribution in [0.15, 0.2) is 0 Å². The molecule has 0 aromatic rings. The van der Waals surface area contributed by atoms with E-state index >= 15 is 0 Å². The number of nitrogens with zero attached hydrogens (tertiary/aromatic N) is 1. The molecule has 0 aromatic heterocycles. The largest absolute Gasteiger partial charge is 0.465 e. The quantitative estimate of drug-likeness (QED) is 0.557. The van der Waals surface area contributed by atoms with Crippen LogP contribution in [0.4, 0.5) is 9.18 Å². The van der Waals surface area contributed by atoms with Gasteiger partial charge in [0, 0.05) is 6.54 Å². The molecule has 1 aliphatic rings. The van der Waals surface area contributed by atoms with Crippen molar-refractivity contribution in [1.29, 1.82) is 0 Å². The molecule has 0 bridgehead atoms. The van der Waals surface area contributed by atoms with E-state index in [-0.39, 0.29) is 6.54 Å². The lowest BCUT2D eigenvalue weighted by Gasteiger charge is -2.25. The van der Waals surface area contributed by atoms with Crippen molar-refractivity contribution in [3.8, 4) is 0 Å². The lowest BCUT2D eigenvalue weighted by Crippen LogP contribution is -2.39. The van der Waals surface area contributed by atoms with Crippen molar-refractivity contribution in [3.05, 3.63) is 0 Å². The van der Waals surface area contributed by atoms with Gasteiger partial charge in [-0.05, 0) is 12.8 Å². The highest BCUT2D eigenvalue weighted by Crippen LogP contribution is 2.12. The molecule has 0 aromatic carbocycles. The Kier molecular flexibility index (Phi) is 2.09. The summed E-state index contributed by atoms with van der Waals surface area (Å²) >= 11 is 0. The van der Waals surface area contributed by atoms with Gasteiger partial charge in [-0.1, -0.05) is 0 Å². The maximum Gasteiger partial charge on any atom is 0.407 e. The molecule has 0 radical (unpaired) electrons. The standard InChI is InChI=1S/C6H10FNO2/c7-5-2-1-3-8(4-5)6(9)10/h5H,1-4H2,(H,9,10). The molecule has 1 saturated heterocycles. The predicted molar refractivity (Wildman–Crippen MR) is 33.7 cm³/mol. The van der Waals surface area contributed by atoms with E-state index in [1.54, 1.807) is 0 Å². The summed E-state index contributed by atoms with van der Waals surface area (Å²) in [6, 6.07) is 0. The first kappa shape index (κ1) is 7.31. The van der Waals surface area contributed by atoms with Crippen LogP contribution in [0.25, 0.3) is 0 Å². The Hall–Kier alpha value is -0.800. The van der Waals surface area contributed by atoms with E-state index < -0.39 is 12.3 Å². The number of piperidine rings is 1. The third-order valence-corrected chi connectivity index (χ3v) is 1.63. The zero-order valence-electron chi connectivity index (χ0n) is 5.59. The highest BCUT2D eigenvalue weighted by molar-refractivity contribution is 5.65. The molecule has 0 saturated carbocycles. The summed E-state index contributed by atoms with van der Waals surface area (Å²) in [5.41, 5.74) is 0. The molecule has 0 spiro atoms. The third kappa shape index (κ3) is 1.59. The van der Waals surface area contributed by atoms with E-state index in [4.69, 9.17) is 5.11 Å². The molecule has 0 aliphatic carbocycles. The van der Waals surface area contributed by atoms with Crippen molar-refractivity contribution in [1.82, 2.24) is 4.90 Å². The van der Waals surface area contributed by atoms with Gasteiger partial charge >= 0.3 is 6.09 Å². The molecule has 1 atom stereocenters. The van der Waals surface area contributed by atoms with Gasteiger partial charge < -0.3 is 10.0 Å². The average molecular weight is 147 g/mol. The molecule has 1 aliphatic heterocycles. The number of hydrogen-bond donors (Lipinski definition) is 1. The SMILES string of the molecule is O=C(O)N1CCCC(F)C1. The number of alkyl halides is 1. The molecule has 1 N–H and O–H groups in total. The second kappa shape index (κ2) is 2.86. The Labute approximate surface area is 58.4 Å². The zero-order valence-corrected chi connectivity index (χ0v) is 5.59. The van der Waals surface area contributed by atoms with Crippen LogP contribution in [0.3, 0.4) is 0 Å². The third-order valence-electron chi connectivity index (χ3n) is 1.63. The number of amides is 1. The van der Waals surface area contributed by atoms with Gasteiger partial charge in [0.15, 0.2) is 0 Å². The van der Waals surface area contributed by atoms with Crippen LogP contribution in [0, 0.1) is 0 Å². The maximum absolute atomic E-state index is 12.5. The Bertz CT molecular complexity index is 140. The lowest BCUT2D eigenvalue weighted by atomic mass is 10.1. The van der Waals surface area contributed by atoms with Crippen LogP contribution in [-0.4, -0.2) is 35.4 Å². The van der Waals surface area contributed by atoms with Crippen LogP contribution < -0.4 is 0 Å². The minimum Gasteiger partial charge on any atom is -0.465 e. The van der Waals surface area contributed by atoms with Gasteiger partial charge in [0.25, 0.3) is 0 Å². The second-order valence-electron chi connectivity index (χ2n) is 2.47. The minimum atomic E-state index is -1.01. The van der Waals surface area contributed by atoms with Gasteiger partial charge in [-0.2, -0.15) is 0 Å². The second-order valence-corrected chi connectivity index (χ2v) is 2.47. The number of carboxylic acid groups (broad SMARTS) is 1. The number of rotatable bonds is 0. The molecule has 1 unspecified atom stereocenters. The molecular formula is C6H10FNO2. The van der Waals surface area contributed by atoms with E-state index in [9.17, 15) is 9.18 Å². The summed E-state index contributed by atoms with van der Waals surface area (Å²) in [6.07, 6.45) is -0.816. The van der Waals surface area contributed by atoms with Crippen molar-refractivity contribution < 1.29 is 14.3 Å². The van der Waals surface area contributed by atoms with Gasteiger partial charge in [0.1, 0.15) is 6.17 Å². The molecule has 58 valence electrons. The monoisotopic (exact) mass is 147 g/mol. The summed E-state index contributed by atoms with van der Waals surface area (Å²) < 4.78 is 12.5. The molecule has 4 heteroatoms. The Morgan fingerprint density at radius 2 is 2.40 bits per heavy atom. The van der Waals surface area contributed by atoms with E-state index in [0.29, 0.717) is 19.4 Å². The predicted octanol–water partition coefficient (Wildman–Crippen LogP) is 1.10. The average Bonchev–Trinajstić information content (AvgIpc) is 1.88. The maximum atomic E-state index is 12.5. The van der Waals surface area contributed by atoms with Crippen molar-refractivity contribution in [2.24, 2.45) is 0 Å². The molecule has 3 nitrogen and oxygen atoms in total. The van der Waals surface area contributed by atoms with Crippen molar-refractivity contribution in [2.75, 3.05) is 13.1 Å². The fourth-order valence-corrected chi connectivity index (χ4v) is 1.10. The van der Waals surface area contributed by atoms with E-state index in [1.807, 2.05) is 0 Å². The smallest absolute Gasteiger partial charge is 0.407 e. The van der Waals surface area contributed by atoms with E-state index in [1.165, 1.54) is 0 Å². The van der Waals surface area contributed by atoms with Crippen LogP contribution in [0.1, 0.15) is 12.8 Å². The Morgan fingerprint density at radius 3 is 2.80 bits per heavy atom. The fourth-order valence-electron chi connectivity index (χ4n) is 1.10. The highest BCUT2D eigenvalue weighted by atomic mass is 19.1. The molecule has 1 fully saturated rings. The lowest BCUT2D eigenvalue weighted by molar-refractivity contribution is 0.107. The molecule has 1 heterocycles. The van der Waals surface area contributed by atoms with Crippen molar-refractivity contribution in [3.63, 3.8) is 0 Å². The number of likely N-dealkylation sites (tertiary alicyclic amines) is 1. The topological polar surface area (TPSA) is 40.5 Å².